The molecule has 0 radical (unpaired) electrons. The largest absolute Gasteiger partial charge is 0.490 e. The summed E-state index contributed by atoms with van der Waals surface area (Å²) in [6.07, 6.45) is 0. The lowest BCUT2D eigenvalue weighted by Crippen LogP contribution is -2.47. The number of nitrogens with zero attached hydrogens (tertiary/aromatic N) is 3. The van der Waals surface area contributed by atoms with Gasteiger partial charge in [0.25, 0.3) is 0 Å². The third kappa shape index (κ3) is 5.30. The highest BCUT2D eigenvalue weighted by atomic mass is 16.5. The first-order valence-electron chi connectivity index (χ1n) is 7.98. The predicted octanol–water partition coefficient (Wildman–Crippen LogP) is 1.59. The summed E-state index contributed by atoms with van der Waals surface area (Å²) in [5.41, 5.74) is 0.566. The molecule has 5 nitrogen and oxygen atoms in total. The van der Waals surface area contributed by atoms with Gasteiger partial charge in [-0.05, 0) is 18.7 Å². The molecule has 1 aliphatic heterocycles. The van der Waals surface area contributed by atoms with Gasteiger partial charge in [0.1, 0.15) is 18.4 Å². The van der Waals surface area contributed by atoms with E-state index >= 15 is 0 Å². The SMILES string of the molecule is CCN1CCN(CCOCCOc2ccccc2C#N)CC1. The summed E-state index contributed by atoms with van der Waals surface area (Å²) in [7, 11) is 0. The minimum Gasteiger partial charge on any atom is -0.490 e. The van der Waals surface area contributed by atoms with Crippen LogP contribution in [0.3, 0.4) is 0 Å². The topological polar surface area (TPSA) is 48.7 Å². The molecule has 0 amide bonds. The highest BCUT2D eigenvalue weighted by Crippen LogP contribution is 2.16. The molecule has 1 aromatic rings. The van der Waals surface area contributed by atoms with Gasteiger partial charge >= 0.3 is 0 Å². The van der Waals surface area contributed by atoms with Crippen LogP contribution in [0.1, 0.15) is 12.5 Å². The van der Waals surface area contributed by atoms with Crippen molar-refractivity contribution in [3.8, 4) is 11.8 Å². The summed E-state index contributed by atoms with van der Waals surface area (Å²) in [5.74, 6) is 0.629. The molecular formula is C17H25N3O2. The molecule has 0 bridgehead atoms. The predicted molar refractivity (Wildman–Crippen MR) is 86.0 cm³/mol. The number of hydrogen-bond acceptors (Lipinski definition) is 5. The van der Waals surface area contributed by atoms with E-state index in [4.69, 9.17) is 14.7 Å². The van der Waals surface area contributed by atoms with Crippen LogP contribution in [0.2, 0.25) is 0 Å². The number of benzene rings is 1. The second-order valence-corrected chi connectivity index (χ2v) is 5.34. The summed E-state index contributed by atoms with van der Waals surface area (Å²) in [4.78, 5) is 4.91. The third-order valence-electron chi connectivity index (χ3n) is 3.96. The van der Waals surface area contributed by atoms with Crippen LogP contribution in [0.5, 0.6) is 5.75 Å². The molecule has 1 saturated heterocycles. The highest BCUT2D eigenvalue weighted by molar-refractivity contribution is 5.42. The van der Waals surface area contributed by atoms with Gasteiger partial charge < -0.3 is 14.4 Å². The first-order valence-corrected chi connectivity index (χ1v) is 7.98. The fourth-order valence-electron chi connectivity index (χ4n) is 2.52. The van der Waals surface area contributed by atoms with Gasteiger partial charge in [-0.3, -0.25) is 4.90 Å². The molecule has 0 N–H and O–H groups in total. The molecule has 1 fully saturated rings. The normalized spacial score (nSPS) is 16.4. The Hall–Kier alpha value is -1.61. The molecule has 0 spiro atoms. The Kier molecular flexibility index (Phi) is 7.17. The number of piperazine rings is 1. The number of rotatable bonds is 8. The smallest absolute Gasteiger partial charge is 0.137 e. The van der Waals surface area contributed by atoms with E-state index in [2.05, 4.69) is 22.8 Å². The number of likely N-dealkylation sites (N-methyl/N-ethyl adjacent to an activating group) is 1. The minimum atomic E-state index is 0.475. The van der Waals surface area contributed by atoms with Crippen LogP contribution in [0.4, 0.5) is 0 Å². The average molecular weight is 303 g/mol. The maximum absolute atomic E-state index is 8.97. The lowest BCUT2D eigenvalue weighted by molar-refractivity contribution is 0.0626. The highest BCUT2D eigenvalue weighted by Gasteiger charge is 2.14. The molecule has 2 rings (SSSR count). The Labute approximate surface area is 133 Å². The second-order valence-electron chi connectivity index (χ2n) is 5.34. The zero-order valence-electron chi connectivity index (χ0n) is 13.3. The van der Waals surface area contributed by atoms with Gasteiger partial charge in [0.15, 0.2) is 0 Å². The van der Waals surface area contributed by atoms with Gasteiger partial charge in [0, 0.05) is 32.7 Å². The zero-order valence-corrected chi connectivity index (χ0v) is 13.3. The van der Waals surface area contributed by atoms with Crippen molar-refractivity contribution in [2.45, 2.75) is 6.92 Å². The van der Waals surface area contributed by atoms with Crippen molar-refractivity contribution >= 4 is 0 Å². The maximum atomic E-state index is 8.97. The van der Waals surface area contributed by atoms with Crippen molar-refractivity contribution < 1.29 is 9.47 Å². The quantitative estimate of drug-likeness (QED) is 0.683. The van der Waals surface area contributed by atoms with Crippen molar-refractivity contribution in [3.05, 3.63) is 29.8 Å². The van der Waals surface area contributed by atoms with E-state index in [-0.39, 0.29) is 0 Å². The van der Waals surface area contributed by atoms with Gasteiger partial charge in [-0.25, -0.2) is 0 Å². The fourth-order valence-corrected chi connectivity index (χ4v) is 2.52. The van der Waals surface area contributed by atoms with Crippen molar-refractivity contribution in [3.63, 3.8) is 0 Å². The van der Waals surface area contributed by atoms with E-state index < -0.39 is 0 Å². The minimum absolute atomic E-state index is 0.475. The average Bonchev–Trinajstić information content (AvgIpc) is 2.58. The Bertz CT molecular complexity index is 479. The first kappa shape index (κ1) is 16.8. The van der Waals surface area contributed by atoms with Crippen molar-refractivity contribution in [1.29, 1.82) is 5.26 Å². The molecule has 120 valence electrons. The Morgan fingerprint density at radius 1 is 1.05 bits per heavy atom. The van der Waals surface area contributed by atoms with Crippen LogP contribution >= 0.6 is 0 Å². The molecule has 0 atom stereocenters. The van der Waals surface area contributed by atoms with Crippen LogP contribution in [0.25, 0.3) is 0 Å². The van der Waals surface area contributed by atoms with Crippen LogP contribution in [-0.4, -0.2) is 68.9 Å². The Morgan fingerprint density at radius 2 is 1.77 bits per heavy atom. The standard InChI is InChI=1S/C17H25N3O2/c1-2-19-7-9-20(10-8-19)11-12-21-13-14-22-17-6-4-3-5-16(17)15-18/h3-6H,2,7-14H2,1H3. The van der Waals surface area contributed by atoms with Crippen LogP contribution in [-0.2, 0) is 4.74 Å². The molecule has 1 aliphatic rings. The summed E-state index contributed by atoms with van der Waals surface area (Å²) in [6.45, 7) is 10.7. The summed E-state index contributed by atoms with van der Waals surface area (Å²) >= 11 is 0. The van der Waals surface area contributed by atoms with E-state index in [0.29, 0.717) is 24.5 Å². The monoisotopic (exact) mass is 303 g/mol. The number of para-hydroxylation sites is 1. The maximum Gasteiger partial charge on any atom is 0.137 e. The summed E-state index contributed by atoms with van der Waals surface area (Å²) < 4.78 is 11.2. The molecule has 1 aromatic carbocycles. The molecule has 5 heteroatoms. The van der Waals surface area contributed by atoms with E-state index in [0.717, 1.165) is 45.9 Å². The zero-order chi connectivity index (χ0) is 15.6. The lowest BCUT2D eigenvalue weighted by Gasteiger charge is -2.33. The Morgan fingerprint density at radius 3 is 2.50 bits per heavy atom. The van der Waals surface area contributed by atoms with E-state index in [1.165, 1.54) is 0 Å². The molecule has 0 unspecified atom stereocenters. The van der Waals surface area contributed by atoms with Crippen LogP contribution in [0, 0.1) is 11.3 Å². The van der Waals surface area contributed by atoms with Crippen LogP contribution < -0.4 is 4.74 Å². The third-order valence-corrected chi connectivity index (χ3v) is 3.96. The summed E-state index contributed by atoms with van der Waals surface area (Å²) in [6, 6.07) is 9.39. The molecule has 22 heavy (non-hydrogen) atoms. The van der Waals surface area contributed by atoms with Crippen molar-refractivity contribution in [2.75, 3.05) is 59.1 Å². The number of nitriles is 1. The molecule has 0 saturated carbocycles. The molecule has 0 aliphatic carbocycles. The Balaban J connectivity index is 1.54. The van der Waals surface area contributed by atoms with Crippen molar-refractivity contribution in [2.24, 2.45) is 0 Å². The second kappa shape index (κ2) is 9.42. The van der Waals surface area contributed by atoms with Gasteiger partial charge in [0.2, 0.25) is 0 Å². The van der Waals surface area contributed by atoms with Gasteiger partial charge in [-0.2, -0.15) is 5.26 Å². The van der Waals surface area contributed by atoms with E-state index in [9.17, 15) is 0 Å². The van der Waals surface area contributed by atoms with Crippen molar-refractivity contribution in [1.82, 2.24) is 9.80 Å². The van der Waals surface area contributed by atoms with E-state index in [1.807, 2.05) is 18.2 Å². The number of ether oxygens (including phenoxy) is 2. The first-order chi connectivity index (χ1) is 10.8. The number of hydrogen-bond donors (Lipinski definition) is 0. The molecule has 1 heterocycles. The van der Waals surface area contributed by atoms with Gasteiger partial charge in [-0.15, -0.1) is 0 Å². The van der Waals surface area contributed by atoms with Gasteiger partial charge in [0.05, 0.1) is 18.8 Å². The molecule has 0 aromatic heterocycles. The fraction of sp³-hybridized carbons (Fsp3) is 0.588. The van der Waals surface area contributed by atoms with Gasteiger partial charge in [-0.1, -0.05) is 19.1 Å². The van der Waals surface area contributed by atoms with Crippen LogP contribution in [0.15, 0.2) is 24.3 Å². The molecular weight excluding hydrogens is 278 g/mol. The van der Waals surface area contributed by atoms with E-state index in [1.54, 1.807) is 6.07 Å². The summed E-state index contributed by atoms with van der Waals surface area (Å²) in [5, 5.41) is 8.97. The lowest BCUT2D eigenvalue weighted by atomic mass is 10.2.